The van der Waals surface area contributed by atoms with Crippen LogP contribution < -0.4 is 10.9 Å². The third kappa shape index (κ3) is 6.99. The molecule has 11 heteroatoms. The van der Waals surface area contributed by atoms with E-state index >= 15 is 0 Å². The maximum Gasteiger partial charge on any atom is 0.306 e. The zero-order valence-corrected chi connectivity index (χ0v) is 16.2. The van der Waals surface area contributed by atoms with Gasteiger partial charge in [-0.25, -0.2) is 0 Å². The van der Waals surface area contributed by atoms with Crippen LogP contribution in [0, 0.1) is 10.1 Å². The first-order valence-corrected chi connectivity index (χ1v) is 8.92. The Labute approximate surface area is 175 Å². The fourth-order valence-electron chi connectivity index (χ4n) is 2.18. The monoisotopic (exact) mass is 433 g/mol. The lowest BCUT2D eigenvalue weighted by Crippen LogP contribution is -2.43. The molecule has 0 radical (unpaired) electrons. The molecule has 2 rings (SSSR count). The summed E-state index contributed by atoms with van der Waals surface area (Å²) in [5.74, 6) is -2.54. The first-order chi connectivity index (χ1) is 14.3. The molecule has 10 nitrogen and oxygen atoms in total. The second-order valence-electron chi connectivity index (χ2n) is 5.90. The zero-order chi connectivity index (χ0) is 22.1. The fourth-order valence-corrected chi connectivity index (χ4v) is 2.31. The van der Waals surface area contributed by atoms with Gasteiger partial charge in [0.25, 0.3) is 17.5 Å². The van der Waals surface area contributed by atoms with Gasteiger partial charge in [0, 0.05) is 34.7 Å². The first kappa shape index (κ1) is 22.5. The van der Waals surface area contributed by atoms with Crippen molar-refractivity contribution in [3.63, 3.8) is 0 Å². The Morgan fingerprint density at radius 3 is 2.10 bits per heavy atom. The summed E-state index contributed by atoms with van der Waals surface area (Å²) < 4.78 is 4.74. The fraction of sp³-hybridized carbons (Fsp3) is 0.158. The molecule has 0 bridgehead atoms. The van der Waals surface area contributed by atoms with Crippen molar-refractivity contribution in [2.24, 2.45) is 0 Å². The lowest BCUT2D eigenvalue weighted by atomic mass is 10.1. The summed E-state index contributed by atoms with van der Waals surface area (Å²) in [5.41, 5.74) is 4.42. The maximum absolute atomic E-state index is 12.0. The molecular weight excluding hydrogens is 418 g/mol. The molecule has 2 aromatic rings. The number of benzene rings is 2. The highest BCUT2D eigenvalue weighted by molar-refractivity contribution is 6.30. The van der Waals surface area contributed by atoms with Crippen molar-refractivity contribution in [3.05, 3.63) is 74.8 Å². The number of ether oxygens (including phenoxy) is 1. The topological polar surface area (TPSA) is 145 Å². The Kier molecular flexibility index (Phi) is 8.00. The number of amides is 2. The Hall–Kier alpha value is -3.79. The number of carbonyl (C=O) groups is 4. The molecule has 2 amide bonds. The van der Waals surface area contributed by atoms with Gasteiger partial charge in [-0.3, -0.25) is 40.1 Å². The molecule has 0 saturated carbocycles. The van der Waals surface area contributed by atoms with Crippen LogP contribution in [0.25, 0.3) is 0 Å². The Bertz CT molecular complexity index is 959. The summed E-state index contributed by atoms with van der Waals surface area (Å²) >= 11 is 5.74. The van der Waals surface area contributed by atoms with Crippen molar-refractivity contribution >= 4 is 40.9 Å². The minimum absolute atomic E-state index is 0.0820. The predicted molar refractivity (Wildman–Crippen MR) is 105 cm³/mol. The number of halogens is 1. The number of carbonyl (C=O) groups excluding carboxylic acids is 4. The highest BCUT2D eigenvalue weighted by atomic mass is 35.5. The van der Waals surface area contributed by atoms with Crippen LogP contribution in [-0.2, 0) is 14.3 Å². The minimum Gasteiger partial charge on any atom is -0.455 e. The number of nitro groups is 1. The predicted octanol–water partition coefficient (Wildman–Crippen LogP) is 2.22. The molecule has 2 aromatic carbocycles. The summed E-state index contributed by atoms with van der Waals surface area (Å²) in [4.78, 5) is 57.1. The summed E-state index contributed by atoms with van der Waals surface area (Å²) in [6, 6.07) is 10.9. The van der Waals surface area contributed by atoms with E-state index in [0.29, 0.717) is 10.6 Å². The summed E-state index contributed by atoms with van der Waals surface area (Å²) in [6.45, 7) is -0.658. The van der Waals surface area contributed by atoms with Crippen molar-refractivity contribution in [2.75, 3.05) is 6.61 Å². The molecule has 0 atom stereocenters. The van der Waals surface area contributed by atoms with Crippen LogP contribution in [0.4, 0.5) is 5.69 Å². The molecule has 0 aliphatic carbocycles. The molecule has 0 aromatic heterocycles. The normalized spacial score (nSPS) is 10.0. The van der Waals surface area contributed by atoms with Gasteiger partial charge >= 0.3 is 5.97 Å². The standard InChI is InChI=1S/C19H16ClN3O7/c20-14-5-1-12(2-6-14)16(24)9-10-18(26)30-11-17(25)21-22-19(27)13-3-7-15(8-4-13)23(28)29/h1-8H,9-11H2,(H,21,25)(H,22,27). The largest absolute Gasteiger partial charge is 0.455 e. The van der Waals surface area contributed by atoms with E-state index in [-0.39, 0.29) is 29.9 Å². The van der Waals surface area contributed by atoms with E-state index < -0.39 is 29.3 Å². The van der Waals surface area contributed by atoms with E-state index in [2.05, 4.69) is 5.43 Å². The lowest BCUT2D eigenvalue weighted by molar-refractivity contribution is -0.384. The maximum atomic E-state index is 12.0. The summed E-state index contributed by atoms with van der Waals surface area (Å²) in [5, 5.41) is 11.1. The zero-order valence-electron chi connectivity index (χ0n) is 15.4. The van der Waals surface area contributed by atoms with Crippen LogP contribution in [-0.4, -0.2) is 35.1 Å². The molecule has 0 spiro atoms. The van der Waals surface area contributed by atoms with Crippen LogP contribution in [0.15, 0.2) is 48.5 Å². The van der Waals surface area contributed by atoms with Gasteiger partial charge in [0.1, 0.15) is 0 Å². The van der Waals surface area contributed by atoms with Crippen LogP contribution >= 0.6 is 11.6 Å². The Balaban J connectivity index is 1.69. The molecule has 0 fully saturated rings. The van der Waals surface area contributed by atoms with Crippen molar-refractivity contribution < 1.29 is 28.8 Å². The number of ketones is 1. The van der Waals surface area contributed by atoms with Crippen molar-refractivity contribution in [1.29, 1.82) is 0 Å². The van der Waals surface area contributed by atoms with Crippen molar-refractivity contribution in [2.45, 2.75) is 12.8 Å². The molecule has 156 valence electrons. The SMILES string of the molecule is O=C(COC(=O)CCC(=O)c1ccc(Cl)cc1)NNC(=O)c1ccc([N+](=O)[O-])cc1. The van der Waals surface area contributed by atoms with Gasteiger partial charge in [-0.2, -0.15) is 0 Å². The van der Waals surface area contributed by atoms with Gasteiger partial charge in [-0.15, -0.1) is 0 Å². The van der Waals surface area contributed by atoms with Gasteiger partial charge < -0.3 is 4.74 Å². The molecule has 0 saturated heterocycles. The van der Waals surface area contributed by atoms with Crippen LogP contribution in [0.2, 0.25) is 5.02 Å². The minimum atomic E-state index is -0.803. The van der Waals surface area contributed by atoms with E-state index in [1.165, 1.54) is 24.3 Å². The Morgan fingerprint density at radius 2 is 1.50 bits per heavy atom. The van der Waals surface area contributed by atoms with E-state index in [4.69, 9.17) is 16.3 Å². The van der Waals surface area contributed by atoms with Gasteiger partial charge in [0.2, 0.25) is 0 Å². The Morgan fingerprint density at radius 1 is 0.900 bits per heavy atom. The van der Waals surface area contributed by atoms with Gasteiger partial charge in [-0.1, -0.05) is 11.6 Å². The number of nitro benzene ring substituents is 1. The highest BCUT2D eigenvalue weighted by Crippen LogP contribution is 2.12. The smallest absolute Gasteiger partial charge is 0.306 e. The highest BCUT2D eigenvalue weighted by Gasteiger charge is 2.13. The summed E-state index contributed by atoms with van der Waals surface area (Å²) in [7, 11) is 0. The number of Topliss-reactive ketones (excluding diaryl/α,β-unsaturated/α-hetero) is 1. The van der Waals surface area contributed by atoms with E-state index in [0.717, 1.165) is 12.1 Å². The second kappa shape index (κ2) is 10.7. The van der Waals surface area contributed by atoms with Gasteiger partial charge in [-0.05, 0) is 36.4 Å². The average molecular weight is 434 g/mol. The number of nitrogens with zero attached hydrogens (tertiary/aromatic N) is 1. The first-order valence-electron chi connectivity index (χ1n) is 8.54. The van der Waals surface area contributed by atoms with Crippen molar-refractivity contribution in [3.8, 4) is 0 Å². The van der Waals surface area contributed by atoms with Crippen LogP contribution in [0.3, 0.4) is 0 Å². The number of hydrogen-bond donors (Lipinski definition) is 2. The number of rotatable bonds is 8. The number of nitrogens with one attached hydrogen (secondary N) is 2. The quantitative estimate of drug-likeness (QED) is 0.281. The lowest BCUT2D eigenvalue weighted by Gasteiger charge is -2.08. The van der Waals surface area contributed by atoms with Gasteiger partial charge in [0.15, 0.2) is 12.4 Å². The third-order valence-corrected chi connectivity index (χ3v) is 3.99. The molecular formula is C19H16ClN3O7. The molecule has 0 aliphatic rings. The number of hydrazine groups is 1. The van der Waals surface area contributed by atoms with E-state index in [1.54, 1.807) is 12.1 Å². The average Bonchev–Trinajstić information content (AvgIpc) is 2.74. The molecule has 30 heavy (non-hydrogen) atoms. The molecule has 2 N–H and O–H groups in total. The van der Waals surface area contributed by atoms with Crippen LogP contribution in [0.5, 0.6) is 0 Å². The summed E-state index contributed by atoms with van der Waals surface area (Å²) in [6.07, 6.45) is -0.317. The second-order valence-corrected chi connectivity index (χ2v) is 6.33. The molecule has 0 heterocycles. The molecule has 0 unspecified atom stereocenters. The number of esters is 1. The van der Waals surface area contributed by atoms with Crippen molar-refractivity contribution in [1.82, 2.24) is 10.9 Å². The third-order valence-electron chi connectivity index (χ3n) is 3.74. The van der Waals surface area contributed by atoms with E-state index in [1.807, 2.05) is 5.43 Å². The van der Waals surface area contributed by atoms with E-state index in [9.17, 15) is 29.3 Å². The van der Waals surface area contributed by atoms with Gasteiger partial charge in [0.05, 0.1) is 11.3 Å². The number of non-ortho nitro benzene ring substituents is 1. The number of hydrogen-bond acceptors (Lipinski definition) is 7. The van der Waals surface area contributed by atoms with Crippen LogP contribution in [0.1, 0.15) is 33.6 Å². The molecule has 0 aliphatic heterocycles.